The Hall–Kier alpha value is -2.19. The fraction of sp³-hybridized carbons (Fsp3) is 0.450. The molecule has 146 valence electrons. The van der Waals surface area contributed by atoms with E-state index in [1.165, 1.54) is 24.2 Å². The number of pyridine rings is 1. The Kier molecular flexibility index (Phi) is 4.68. The Morgan fingerprint density at radius 3 is 2.75 bits per heavy atom. The van der Waals surface area contributed by atoms with Crippen molar-refractivity contribution in [1.82, 2.24) is 24.5 Å². The van der Waals surface area contributed by atoms with Crippen molar-refractivity contribution >= 4 is 33.0 Å². The Labute approximate surface area is 172 Å². The molecule has 5 rings (SSSR count). The van der Waals surface area contributed by atoms with Crippen molar-refractivity contribution in [2.24, 2.45) is 0 Å². The second kappa shape index (κ2) is 7.33. The third-order valence-electron chi connectivity index (χ3n) is 5.51. The van der Waals surface area contributed by atoms with Crippen LogP contribution in [0.15, 0.2) is 35.2 Å². The van der Waals surface area contributed by atoms with Crippen molar-refractivity contribution in [2.45, 2.75) is 25.3 Å². The van der Waals surface area contributed by atoms with E-state index in [0.29, 0.717) is 12.5 Å². The third kappa shape index (κ3) is 3.71. The topological polar surface area (TPSA) is 61.6 Å². The van der Waals surface area contributed by atoms with Gasteiger partial charge in [0.15, 0.2) is 5.65 Å². The number of hydrogen-bond acceptors (Lipinski definition) is 6. The van der Waals surface area contributed by atoms with Crippen LogP contribution >= 0.6 is 15.9 Å². The molecular formula is C20H24BrN7. The van der Waals surface area contributed by atoms with Gasteiger partial charge in [-0.1, -0.05) is 0 Å². The Bertz CT molecular complexity index is 989. The fourth-order valence-corrected chi connectivity index (χ4v) is 4.04. The van der Waals surface area contributed by atoms with Crippen LogP contribution in [-0.4, -0.2) is 57.7 Å². The Balaban J connectivity index is 1.44. The normalized spacial score (nSPS) is 18.0. The summed E-state index contributed by atoms with van der Waals surface area (Å²) in [6.07, 6.45) is 6.34. The predicted molar refractivity (Wildman–Crippen MR) is 114 cm³/mol. The zero-order chi connectivity index (χ0) is 19.1. The van der Waals surface area contributed by atoms with E-state index >= 15 is 0 Å². The molecule has 0 amide bonds. The molecule has 2 fully saturated rings. The molecule has 3 aromatic rings. The van der Waals surface area contributed by atoms with Gasteiger partial charge < -0.3 is 15.1 Å². The highest BCUT2D eigenvalue weighted by Gasteiger charge is 2.28. The third-order valence-corrected chi connectivity index (χ3v) is 5.95. The van der Waals surface area contributed by atoms with Crippen LogP contribution in [0.3, 0.4) is 0 Å². The molecule has 0 aromatic carbocycles. The first kappa shape index (κ1) is 17.9. The molecule has 2 aliphatic rings. The molecule has 0 bridgehead atoms. The molecule has 7 nitrogen and oxygen atoms in total. The lowest BCUT2D eigenvalue weighted by molar-refractivity contribution is 0.313. The standard InChI is InChI=1S/C20H24BrN7/c1-26-6-8-27(9-7-26)18-11-17(14-2-3-14)25-28-13-16(24-20(18)28)12-23-15-4-5-22-19(21)10-15/h4-5,10-11,13-14H,2-3,6-9,12H2,1H3,(H,22,23). The van der Waals surface area contributed by atoms with Crippen molar-refractivity contribution in [3.8, 4) is 0 Å². The lowest BCUT2D eigenvalue weighted by Gasteiger charge is -2.34. The van der Waals surface area contributed by atoms with E-state index in [-0.39, 0.29) is 0 Å². The SMILES string of the molecule is CN1CCN(c2cc(C3CC3)nn3cc(CNc4ccnc(Br)c4)nc23)CC1. The summed E-state index contributed by atoms with van der Waals surface area (Å²) >= 11 is 3.41. The number of piperazine rings is 1. The van der Waals surface area contributed by atoms with E-state index in [2.05, 4.69) is 55.3 Å². The molecule has 4 heterocycles. The lowest BCUT2D eigenvalue weighted by Crippen LogP contribution is -2.44. The van der Waals surface area contributed by atoms with E-state index in [9.17, 15) is 0 Å². The highest BCUT2D eigenvalue weighted by molar-refractivity contribution is 9.10. The molecule has 8 heteroatoms. The molecule has 0 spiro atoms. The second-order valence-corrected chi connectivity index (χ2v) is 8.55. The number of imidazole rings is 1. The summed E-state index contributed by atoms with van der Waals surface area (Å²) in [6, 6.07) is 6.21. The minimum absolute atomic E-state index is 0.619. The van der Waals surface area contributed by atoms with Crippen molar-refractivity contribution in [3.63, 3.8) is 0 Å². The number of aromatic nitrogens is 4. The first-order chi connectivity index (χ1) is 13.7. The summed E-state index contributed by atoms with van der Waals surface area (Å²) in [7, 11) is 2.19. The van der Waals surface area contributed by atoms with Crippen LogP contribution in [0.1, 0.15) is 30.1 Å². The van der Waals surface area contributed by atoms with Crippen molar-refractivity contribution in [1.29, 1.82) is 0 Å². The van der Waals surface area contributed by atoms with Crippen LogP contribution in [0.5, 0.6) is 0 Å². The Morgan fingerprint density at radius 2 is 2.00 bits per heavy atom. The summed E-state index contributed by atoms with van der Waals surface area (Å²) in [5, 5.41) is 8.29. The number of anilines is 2. The number of halogens is 1. The van der Waals surface area contributed by atoms with Gasteiger partial charge in [-0.05, 0) is 54.0 Å². The number of likely N-dealkylation sites (N-methyl/N-ethyl adjacent to an activating group) is 1. The predicted octanol–water partition coefficient (Wildman–Crippen LogP) is 3.13. The number of nitrogens with one attached hydrogen (secondary N) is 1. The van der Waals surface area contributed by atoms with Crippen molar-refractivity contribution in [2.75, 3.05) is 43.4 Å². The molecule has 1 aliphatic heterocycles. The first-order valence-electron chi connectivity index (χ1n) is 9.84. The molecule has 1 saturated heterocycles. The van der Waals surface area contributed by atoms with Gasteiger partial charge in [-0.2, -0.15) is 5.10 Å². The van der Waals surface area contributed by atoms with Crippen molar-refractivity contribution < 1.29 is 0 Å². The zero-order valence-electron chi connectivity index (χ0n) is 16.0. The molecule has 0 unspecified atom stereocenters. The lowest BCUT2D eigenvalue weighted by atomic mass is 10.2. The largest absolute Gasteiger partial charge is 0.379 e. The Morgan fingerprint density at radius 1 is 1.18 bits per heavy atom. The molecule has 0 atom stereocenters. The van der Waals surface area contributed by atoms with E-state index < -0.39 is 0 Å². The minimum atomic E-state index is 0.619. The van der Waals surface area contributed by atoms with Crippen LogP contribution in [0.2, 0.25) is 0 Å². The average Bonchev–Trinajstić information content (AvgIpc) is 3.46. The van der Waals surface area contributed by atoms with Gasteiger partial charge >= 0.3 is 0 Å². The van der Waals surface area contributed by atoms with Gasteiger partial charge in [-0.3, -0.25) is 0 Å². The van der Waals surface area contributed by atoms with E-state index in [0.717, 1.165) is 47.8 Å². The zero-order valence-corrected chi connectivity index (χ0v) is 17.6. The van der Waals surface area contributed by atoms with Crippen LogP contribution in [0, 0.1) is 0 Å². The molecule has 1 aliphatic carbocycles. The van der Waals surface area contributed by atoms with Crippen LogP contribution in [0.25, 0.3) is 5.65 Å². The van der Waals surface area contributed by atoms with Gasteiger partial charge in [0.2, 0.25) is 0 Å². The quantitative estimate of drug-likeness (QED) is 0.613. The average molecular weight is 442 g/mol. The molecule has 3 aromatic heterocycles. The summed E-state index contributed by atoms with van der Waals surface area (Å²) < 4.78 is 2.81. The molecule has 0 radical (unpaired) electrons. The van der Waals surface area contributed by atoms with E-state index in [4.69, 9.17) is 10.1 Å². The van der Waals surface area contributed by atoms with Gasteiger partial charge in [0, 0.05) is 44.0 Å². The first-order valence-corrected chi connectivity index (χ1v) is 10.6. The van der Waals surface area contributed by atoms with Gasteiger partial charge in [-0.15, -0.1) is 0 Å². The molecular weight excluding hydrogens is 418 g/mol. The minimum Gasteiger partial charge on any atom is -0.379 e. The number of fused-ring (bicyclic) bond motifs is 1. The summed E-state index contributed by atoms with van der Waals surface area (Å²) in [6.45, 7) is 4.89. The van der Waals surface area contributed by atoms with Gasteiger partial charge in [-0.25, -0.2) is 14.5 Å². The fourth-order valence-electron chi connectivity index (χ4n) is 3.68. The molecule has 28 heavy (non-hydrogen) atoms. The summed E-state index contributed by atoms with van der Waals surface area (Å²) in [5.41, 5.74) is 5.40. The van der Waals surface area contributed by atoms with E-state index in [1.54, 1.807) is 6.20 Å². The monoisotopic (exact) mass is 441 g/mol. The van der Waals surface area contributed by atoms with Crippen LogP contribution in [-0.2, 0) is 6.54 Å². The number of hydrogen-bond donors (Lipinski definition) is 1. The summed E-state index contributed by atoms with van der Waals surface area (Å²) in [5.74, 6) is 0.619. The second-order valence-electron chi connectivity index (χ2n) is 7.74. The maximum Gasteiger partial charge on any atom is 0.177 e. The van der Waals surface area contributed by atoms with Crippen molar-refractivity contribution in [3.05, 3.63) is 46.6 Å². The number of nitrogens with zero attached hydrogens (tertiary/aromatic N) is 6. The van der Waals surface area contributed by atoms with Gasteiger partial charge in [0.05, 0.1) is 29.8 Å². The van der Waals surface area contributed by atoms with Gasteiger partial charge in [0.1, 0.15) is 4.60 Å². The van der Waals surface area contributed by atoms with Gasteiger partial charge in [0.25, 0.3) is 0 Å². The summed E-state index contributed by atoms with van der Waals surface area (Å²) in [4.78, 5) is 13.9. The molecule has 1 N–H and O–H groups in total. The van der Waals surface area contributed by atoms with Crippen LogP contribution < -0.4 is 10.2 Å². The van der Waals surface area contributed by atoms with Crippen LogP contribution in [0.4, 0.5) is 11.4 Å². The number of rotatable bonds is 5. The highest BCUT2D eigenvalue weighted by atomic mass is 79.9. The maximum absolute atomic E-state index is 4.92. The van der Waals surface area contributed by atoms with E-state index in [1.807, 2.05) is 16.6 Å². The molecule has 1 saturated carbocycles. The maximum atomic E-state index is 4.92. The smallest absolute Gasteiger partial charge is 0.177 e. The highest BCUT2D eigenvalue weighted by Crippen LogP contribution is 2.40.